The van der Waals surface area contributed by atoms with Crippen LogP contribution in [-0.4, -0.2) is 80.6 Å². The van der Waals surface area contributed by atoms with Gasteiger partial charge in [-0.15, -0.1) is 0 Å². The van der Waals surface area contributed by atoms with Gasteiger partial charge in [-0.2, -0.15) is 0 Å². The van der Waals surface area contributed by atoms with Gasteiger partial charge >= 0.3 is 17.9 Å². The molecule has 68 heavy (non-hydrogen) atoms. The average Bonchev–Trinajstić information content (AvgIpc) is 3.30. The lowest BCUT2D eigenvalue weighted by Crippen LogP contribution is -2.50. The van der Waals surface area contributed by atoms with E-state index in [2.05, 4.69) is 135 Å². The van der Waals surface area contributed by atoms with Gasteiger partial charge in [-0.1, -0.05) is 180 Å². The number of allylic oxidation sites excluding steroid dienone is 20. The van der Waals surface area contributed by atoms with Crippen LogP contribution in [0.1, 0.15) is 187 Å². The number of esters is 2. The Morgan fingerprint density at radius 2 is 0.824 bits per heavy atom. The molecule has 2 atom stereocenters. The quantitative estimate of drug-likeness (QED) is 0.0281. The monoisotopic (exact) mass is 945 g/mol. The lowest BCUT2D eigenvalue weighted by molar-refractivity contribution is -0.887. The summed E-state index contributed by atoms with van der Waals surface area (Å²) in [6.07, 6.45) is 69.6. The third kappa shape index (κ3) is 46.8. The highest BCUT2D eigenvalue weighted by molar-refractivity contribution is 5.72. The van der Waals surface area contributed by atoms with Gasteiger partial charge in [0, 0.05) is 19.3 Å². The molecule has 1 N–H and O–H groups in total. The molecule has 8 heteroatoms. The highest BCUT2D eigenvalue weighted by Gasteiger charge is 2.31. The standard InChI is InChI=1S/C60H97NO7/c1-6-8-10-12-14-16-18-20-22-24-26-28-29-31-32-34-36-38-40-42-44-46-48-50-58(62)67-55-56(54-66-53-52-57(60(64)65)61(3,4)5)68-59(63)51-49-47-45-43-41-39-37-35-33-30-27-25-23-21-19-17-15-13-11-9-7-2/h8,10,14-17,20-23,26-28,30-32,35-38,56-57H,6-7,9,11-13,18-19,24-25,29,33-34,39-55H2,1-5H3/p+1/b10-8+,16-14+,17-15+,22-20+,23-21+,28-26+,30-27+,32-31+,37-35+,38-36+. The number of aliphatic carboxylic acids is 1. The van der Waals surface area contributed by atoms with Gasteiger partial charge in [0.15, 0.2) is 12.1 Å². The molecule has 0 aliphatic carbocycles. The Hall–Kier alpha value is -4.27. The van der Waals surface area contributed by atoms with E-state index < -0.39 is 18.1 Å². The molecule has 0 aromatic heterocycles. The molecule has 0 amide bonds. The van der Waals surface area contributed by atoms with Gasteiger partial charge in [0.25, 0.3) is 0 Å². The lowest BCUT2D eigenvalue weighted by Gasteiger charge is -2.31. The van der Waals surface area contributed by atoms with E-state index >= 15 is 0 Å². The second kappa shape index (κ2) is 49.2. The minimum absolute atomic E-state index is 0.0363. The number of carbonyl (C=O) groups is 3. The second-order valence-corrected chi connectivity index (χ2v) is 18.4. The molecule has 0 aliphatic rings. The van der Waals surface area contributed by atoms with Gasteiger partial charge in [0.1, 0.15) is 6.61 Å². The first-order chi connectivity index (χ1) is 33.1. The van der Waals surface area contributed by atoms with Crippen molar-refractivity contribution in [2.45, 2.75) is 199 Å². The Bertz CT molecular complexity index is 1520. The van der Waals surface area contributed by atoms with Crippen molar-refractivity contribution < 1.29 is 38.2 Å². The number of carbonyl (C=O) groups excluding carboxylic acids is 2. The topological polar surface area (TPSA) is 99.1 Å². The van der Waals surface area contributed by atoms with Crippen LogP contribution in [-0.2, 0) is 28.6 Å². The highest BCUT2D eigenvalue weighted by atomic mass is 16.6. The van der Waals surface area contributed by atoms with Crippen molar-refractivity contribution in [3.8, 4) is 0 Å². The number of nitrogens with zero attached hydrogens (tertiary/aromatic N) is 1. The number of rotatable bonds is 46. The normalized spacial score (nSPS) is 13.8. The number of ether oxygens (including phenoxy) is 3. The Kier molecular flexibility index (Phi) is 46.1. The van der Waals surface area contributed by atoms with Crippen LogP contribution in [0.5, 0.6) is 0 Å². The minimum atomic E-state index is -0.887. The molecule has 0 aromatic rings. The summed E-state index contributed by atoms with van der Waals surface area (Å²) in [5.41, 5.74) is 0. The SMILES string of the molecule is CC/C=C/C/C=C/C/C=C/C/C=C/C/C=C/C/C=C/CCCCCCC(=O)OCC(COCCC(C(=O)O)[N+](C)(C)C)OC(=O)CCCCCCC/C=C/C/C=C/C/C=C/C/C=C/CCCCC. The van der Waals surface area contributed by atoms with Crippen LogP contribution >= 0.6 is 0 Å². The van der Waals surface area contributed by atoms with Crippen LogP contribution in [0.2, 0.25) is 0 Å². The first-order valence-electron chi connectivity index (χ1n) is 26.6. The predicted octanol–water partition coefficient (Wildman–Crippen LogP) is 15.8. The van der Waals surface area contributed by atoms with Crippen molar-refractivity contribution in [2.75, 3.05) is 41.0 Å². The fourth-order valence-electron chi connectivity index (χ4n) is 7.02. The molecule has 0 spiro atoms. The molecule has 0 fully saturated rings. The number of quaternary nitrogens is 1. The van der Waals surface area contributed by atoms with Gasteiger partial charge in [-0.25, -0.2) is 4.79 Å². The van der Waals surface area contributed by atoms with E-state index in [-0.39, 0.29) is 36.2 Å². The fraction of sp³-hybridized carbons (Fsp3) is 0.617. The van der Waals surface area contributed by atoms with E-state index in [1.165, 1.54) is 25.7 Å². The molecule has 0 saturated heterocycles. The zero-order chi connectivity index (χ0) is 49.9. The highest BCUT2D eigenvalue weighted by Crippen LogP contribution is 2.13. The number of unbranched alkanes of at least 4 members (excludes halogenated alkanes) is 12. The minimum Gasteiger partial charge on any atom is -0.477 e. The van der Waals surface area contributed by atoms with E-state index in [0.29, 0.717) is 19.3 Å². The van der Waals surface area contributed by atoms with Crippen LogP contribution in [0.4, 0.5) is 0 Å². The second-order valence-electron chi connectivity index (χ2n) is 18.4. The van der Waals surface area contributed by atoms with Gasteiger partial charge in [0.05, 0.1) is 34.4 Å². The zero-order valence-electron chi connectivity index (χ0n) is 43.8. The van der Waals surface area contributed by atoms with Crippen molar-refractivity contribution in [3.63, 3.8) is 0 Å². The van der Waals surface area contributed by atoms with Crippen molar-refractivity contribution in [2.24, 2.45) is 0 Å². The first-order valence-corrected chi connectivity index (χ1v) is 26.6. The van der Waals surface area contributed by atoms with Crippen LogP contribution in [0.3, 0.4) is 0 Å². The molecular weight excluding hydrogens is 847 g/mol. The van der Waals surface area contributed by atoms with Crippen LogP contribution in [0, 0.1) is 0 Å². The number of hydrogen-bond acceptors (Lipinski definition) is 6. The Balaban J connectivity index is 4.37. The summed E-state index contributed by atoms with van der Waals surface area (Å²) in [7, 11) is 5.51. The molecular formula is C60H98NO7+. The van der Waals surface area contributed by atoms with Crippen LogP contribution in [0.15, 0.2) is 122 Å². The number of carboxylic acids is 1. The van der Waals surface area contributed by atoms with Gasteiger partial charge in [-0.3, -0.25) is 9.59 Å². The number of hydrogen-bond donors (Lipinski definition) is 1. The Labute approximate surface area is 416 Å². The fourth-order valence-corrected chi connectivity index (χ4v) is 7.02. The largest absolute Gasteiger partial charge is 0.477 e. The zero-order valence-corrected chi connectivity index (χ0v) is 43.8. The van der Waals surface area contributed by atoms with E-state index in [4.69, 9.17) is 14.2 Å². The summed E-state index contributed by atoms with van der Waals surface area (Å²) in [6.45, 7) is 4.53. The van der Waals surface area contributed by atoms with Crippen molar-refractivity contribution >= 4 is 17.9 Å². The predicted molar refractivity (Wildman–Crippen MR) is 289 cm³/mol. The summed E-state index contributed by atoms with van der Waals surface area (Å²) in [6, 6.07) is -0.632. The summed E-state index contributed by atoms with van der Waals surface area (Å²) in [4.78, 5) is 37.2. The summed E-state index contributed by atoms with van der Waals surface area (Å²) in [5, 5.41) is 9.67. The lowest BCUT2D eigenvalue weighted by atomic mass is 10.1. The molecule has 0 radical (unpaired) electrons. The third-order valence-corrected chi connectivity index (χ3v) is 11.1. The van der Waals surface area contributed by atoms with E-state index in [9.17, 15) is 19.5 Å². The maximum absolute atomic E-state index is 12.8. The molecule has 0 aliphatic heterocycles. The molecule has 0 heterocycles. The van der Waals surface area contributed by atoms with Gasteiger partial charge < -0.3 is 23.8 Å². The maximum atomic E-state index is 12.8. The molecule has 0 rings (SSSR count). The molecule has 2 unspecified atom stereocenters. The van der Waals surface area contributed by atoms with Gasteiger partial charge in [-0.05, 0) is 109 Å². The molecule has 0 saturated carbocycles. The van der Waals surface area contributed by atoms with Crippen molar-refractivity contribution in [3.05, 3.63) is 122 Å². The summed E-state index contributed by atoms with van der Waals surface area (Å²) in [5.74, 6) is -1.54. The smallest absolute Gasteiger partial charge is 0.362 e. The average molecular weight is 945 g/mol. The first kappa shape index (κ1) is 63.7. The molecule has 0 aromatic carbocycles. The van der Waals surface area contributed by atoms with Crippen molar-refractivity contribution in [1.82, 2.24) is 0 Å². The third-order valence-electron chi connectivity index (χ3n) is 11.1. The summed E-state index contributed by atoms with van der Waals surface area (Å²) >= 11 is 0. The van der Waals surface area contributed by atoms with Crippen molar-refractivity contribution in [1.29, 1.82) is 0 Å². The Morgan fingerprint density at radius 1 is 0.456 bits per heavy atom. The maximum Gasteiger partial charge on any atom is 0.362 e. The van der Waals surface area contributed by atoms with E-state index in [0.717, 1.165) is 128 Å². The number of likely N-dealkylation sites (N-methyl/N-ethyl adjacent to an activating group) is 1. The van der Waals surface area contributed by atoms with Gasteiger partial charge in [0.2, 0.25) is 0 Å². The molecule has 0 bridgehead atoms. The molecule has 8 nitrogen and oxygen atoms in total. The van der Waals surface area contributed by atoms with Crippen LogP contribution < -0.4 is 0 Å². The summed E-state index contributed by atoms with van der Waals surface area (Å²) < 4.78 is 17.3. The van der Waals surface area contributed by atoms with E-state index in [1.807, 2.05) is 21.1 Å². The molecule has 384 valence electrons. The Morgan fingerprint density at radius 3 is 1.22 bits per heavy atom. The van der Waals surface area contributed by atoms with Crippen LogP contribution in [0.25, 0.3) is 0 Å². The van der Waals surface area contributed by atoms with E-state index in [1.54, 1.807) is 0 Å². The number of carboxylic acid groups (broad SMARTS) is 1.